The maximum absolute atomic E-state index is 13.7. The molecule has 224 valence electrons. The Balaban J connectivity index is 1.32. The van der Waals surface area contributed by atoms with Crippen LogP contribution in [0.4, 0.5) is 19.3 Å². The second-order valence-electron chi connectivity index (χ2n) is 10.7. The van der Waals surface area contributed by atoms with Crippen molar-refractivity contribution in [2.24, 2.45) is 5.92 Å². The fourth-order valence-electron chi connectivity index (χ4n) is 5.41. The lowest BCUT2D eigenvalue weighted by atomic mass is 9.85. The lowest BCUT2D eigenvalue weighted by Gasteiger charge is -2.28. The van der Waals surface area contributed by atoms with Crippen molar-refractivity contribution in [1.82, 2.24) is 25.8 Å². The molecule has 0 radical (unpaired) electrons. The standard InChI is InChI=1S/C28H33F2N7O5/c1-36(11-10-33-25(39)17-2-4-18(5-3-17)35-27(41)42)19-6-7-23-22(12-19)21(8-9-32-23)26(40)34-15-24(38)37-16-28(29,30)13-20(37)14-31/h6-9,12,17-18,20,35H,2-5,10-11,13,15-16H2,1H3,(H,33,39)(H,34,40)(H,41,42). The highest BCUT2D eigenvalue weighted by Crippen LogP contribution is 2.31. The Labute approximate surface area is 241 Å². The second-order valence-corrected chi connectivity index (χ2v) is 10.7. The number of benzene rings is 1. The van der Waals surface area contributed by atoms with Crippen molar-refractivity contribution in [3.8, 4) is 6.07 Å². The van der Waals surface area contributed by atoms with Crippen LogP contribution in [0.15, 0.2) is 30.5 Å². The van der Waals surface area contributed by atoms with Gasteiger partial charge in [-0.05, 0) is 49.9 Å². The summed E-state index contributed by atoms with van der Waals surface area (Å²) in [5.41, 5.74) is 1.54. The van der Waals surface area contributed by atoms with Crippen molar-refractivity contribution in [3.63, 3.8) is 0 Å². The fraction of sp³-hybridized carbons (Fsp3) is 0.500. The number of hydrogen-bond donors (Lipinski definition) is 4. The highest BCUT2D eigenvalue weighted by Gasteiger charge is 2.47. The Hall–Kier alpha value is -4.54. The molecule has 0 bridgehead atoms. The summed E-state index contributed by atoms with van der Waals surface area (Å²) >= 11 is 0. The lowest BCUT2D eigenvalue weighted by molar-refractivity contribution is -0.131. The van der Waals surface area contributed by atoms with E-state index in [0.29, 0.717) is 49.7 Å². The smallest absolute Gasteiger partial charge is 0.404 e. The topological polar surface area (TPSA) is 168 Å². The molecule has 2 aromatic rings. The zero-order valence-corrected chi connectivity index (χ0v) is 23.1. The highest BCUT2D eigenvalue weighted by atomic mass is 19.3. The summed E-state index contributed by atoms with van der Waals surface area (Å²) in [6.45, 7) is -0.542. The quantitative estimate of drug-likeness (QED) is 0.347. The van der Waals surface area contributed by atoms with Crippen molar-refractivity contribution in [2.45, 2.75) is 50.1 Å². The van der Waals surface area contributed by atoms with Gasteiger partial charge in [-0.2, -0.15) is 5.26 Å². The Bertz CT molecular complexity index is 1390. The lowest BCUT2D eigenvalue weighted by Crippen LogP contribution is -2.43. The number of carboxylic acid groups (broad SMARTS) is 1. The number of carbonyl (C=O) groups is 4. The number of aromatic nitrogens is 1. The van der Waals surface area contributed by atoms with Gasteiger partial charge in [0.2, 0.25) is 11.8 Å². The minimum Gasteiger partial charge on any atom is -0.465 e. The molecular weight excluding hydrogens is 552 g/mol. The summed E-state index contributed by atoms with van der Waals surface area (Å²) < 4.78 is 27.4. The molecule has 4 amide bonds. The predicted octanol–water partition coefficient (Wildman–Crippen LogP) is 2.10. The monoisotopic (exact) mass is 585 g/mol. The van der Waals surface area contributed by atoms with E-state index in [1.165, 1.54) is 12.3 Å². The third-order valence-electron chi connectivity index (χ3n) is 7.72. The van der Waals surface area contributed by atoms with Crippen LogP contribution in [0.5, 0.6) is 0 Å². The van der Waals surface area contributed by atoms with Crippen molar-refractivity contribution in [2.75, 3.05) is 38.1 Å². The number of nitrogens with one attached hydrogen (secondary N) is 3. The number of pyridine rings is 1. The molecule has 1 unspecified atom stereocenters. The summed E-state index contributed by atoms with van der Waals surface area (Å²) in [7, 11) is 1.84. The summed E-state index contributed by atoms with van der Waals surface area (Å²) in [6.07, 6.45) is 2.14. The van der Waals surface area contributed by atoms with Gasteiger partial charge in [0.15, 0.2) is 0 Å². The average molecular weight is 586 g/mol. The Kier molecular flexibility index (Phi) is 9.39. The van der Waals surface area contributed by atoms with E-state index in [4.69, 9.17) is 10.4 Å². The molecule has 4 N–H and O–H groups in total. The Morgan fingerprint density at radius 2 is 1.90 bits per heavy atom. The summed E-state index contributed by atoms with van der Waals surface area (Å²) in [5, 5.41) is 26.4. The van der Waals surface area contributed by atoms with Crippen LogP contribution in [0.2, 0.25) is 0 Å². The van der Waals surface area contributed by atoms with Crippen LogP contribution in [0.25, 0.3) is 10.9 Å². The van der Waals surface area contributed by atoms with E-state index < -0.39 is 49.4 Å². The van der Waals surface area contributed by atoms with E-state index in [9.17, 15) is 28.0 Å². The van der Waals surface area contributed by atoms with E-state index >= 15 is 0 Å². The summed E-state index contributed by atoms with van der Waals surface area (Å²) in [4.78, 5) is 55.9. The number of hydrogen-bond acceptors (Lipinski definition) is 7. The first-order valence-electron chi connectivity index (χ1n) is 13.7. The van der Waals surface area contributed by atoms with E-state index in [1.807, 2.05) is 18.0 Å². The molecule has 2 heterocycles. The van der Waals surface area contributed by atoms with Crippen molar-refractivity contribution < 1.29 is 33.1 Å². The van der Waals surface area contributed by atoms with E-state index in [-0.39, 0.29) is 23.4 Å². The number of nitrogens with zero attached hydrogens (tertiary/aromatic N) is 4. The maximum Gasteiger partial charge on any atom is 0.404 e. The average Bonchev–Trinajstić information content (AvgIpc) is 3.29. The molecule has 2 fully saturated rings. The number of alkyl halides is 2. The third-order valence-corrected chi connectivity index (χ3v) is 7.72. The van der Waals surface area contributed by atoms with Gasteiger partial charge in [0.05, 0.1) is 30.2 Å². The number of likely N-dealkylation sites (N-methyl/N-ethyl adjacent to an activating group) is 1. The third kappa shape index (κ3) is 7.39. The van der Waals surface area contributed by atoms with E-state index in [2.05, 4.69) is 20.9 Å². The Morgan fingerprint density at radius 3 is 2.60 bits per heavy atom. The highest BCUT2D eigenvalue weighted by molar-refractivity contribution is 6.07. The van der Waals surface area contributed by atoms with Gasteiger partial charge in [0.25, 0.3) is 11.8 Å². The van der Waals surface area contributed by atoms with Crippen molar-refractivity contribution in [3.05, 3.63) is 36.0 Å². The van der Waals surface area contributed by atoms with Crippen molar-refractivity contribution in [1.29, 1.82) is 5.26 Å². The zero-order valence-electron chi connectivity index (χ0n) is 23.1. The van der Waals surface area contributed by atoms with E-state index in [1.54, 1.807) is 18.2 Å². The first-order chi connectivity index (χ1) is 20.0. The number of carbonyl (C=O) groups excluding carboxylic acids is 3. The largest absolute Gasteiger partial charge is 0.465 e. The molecule has 2 aliphatic rings. The van der Waals surface area contributed by atoms with Gasteiger partial charge in [-0.15, -0.1) is 0 Å². The molecule has 1 aromatic heterocycles. The molecule has 1 saturated carbocycles. The summed E-state index contributed by atoms with van der Waals surface area (Å²) in [5.74, 6) is -4.72. The molecule has 1 atom stereocenters. The maximum atomic E-state index is 13.7. The van der Waals surface area contributed by atoms with Crippen molar-refractivity contribution >= 4 is 40.4 Å². The predicted molar refractivity (Wildman–Crippen MR) is 148 cm³/mol. The van der Waals surface area contributed by atoms with Crippen LogP contribution in [-0.4, -0.2) is 90.0 Å². The number of amides is 4. The molecule has 0 spiro atoms. The van der Waals surface area contributed by atoms with Crippen LogP contribution in [-0.2, 0) is 9.59 Å². The van der Waals surface area contributed by atoms with Crippen LogP contribution in [0, 0.1) is 17.2 Å². The summed E-state index contributed by atoms with van der Waals surface area (Å²) in [6, 6.07) is 7.18. The molecular formula is C28H33F2N7O5. The number of halogens is 2. The molecule has 14 heteroatoms. The molecule has 12 nitrogen and oxygen atoms in total. The molecule has 1 saturated heterocycles. The number of nitriles is 1. The number of fused-ring (bicyclic) bond motifs is 1. The Morgan fingerprint density at radius 1 is 1.17 bits per heavy atom. The number of rotatable bonds is 9. The van der Waals surface area contributed by atoms with Gasteiger partial charge in [-0.3, -0.25) is 19.4 Å². The fourth-order valence-corrected chi connectivity index (χ4v) is 5.41. The van der Waals surface area contributed by atoms with Gasteiger partial charge in [0.1, 0.15) is 6.04 Å². The minimum atomic E-state index is -3.15. The number of anilines is 1. The van der Waals surface area contributed by atoms with E-state index in [0.717, 1.165) is 10.6 Å². The second kappa shape index (κ2) is 13.0. The van der Waals surface area contributed by atoms with Gasteiger partial charge >= 0.3 is 6.09 Å². The van der Waals surface area contributed by atoms with Crippen LogP contribution in [0.1, 0.15) is 42.5 Å². The van der Waals surface area contributed by atoms with Crippen LogP contribution in [0.3, 0.4) is 0 Å². The number of likely N-dealkylation sites (tertiary alicyclic amines) is 1. The molecule has 1 aliphatic heterocycles. The molecule has 1 aromatic carbocycles. The van der Waals surface area contributed by atoms with Gasteiger partial charge < -0.3 is 30.9 Å². The first-order valence-corrected chi connectivity index (χ1v) is 13.7. The SMILES string of the molecule is CN(CCNC(=O)C1CCC(NC(=O)O)CC1)c1ccc2nccc(C(=O)NCC(=O)N3CC(F)(F)CC3C#N)c2c1. The first kappa shape index (κ1) is 30.4. The molecule has 42 heavy (non-hydrogen) atoms. The minimum absolute atomic E-state index is 0.0628. The van der Waals surface area contributed by atoms with Gasteiger partial charge in [-0.1, -0.05) is 0 Å². The van der Waals surface area contributed by atoms with Crippen LogP contribution >= 0.6 is 0 Å². The molecule has 1 aliphatic carbocycles. The molecule has 4 rings (SSSR count). The van der Waals surface area contributed by atoms with Crippen LogP contribution < -0.4 is 20.9 Å². The van der Waals surface area contributed by atoms with Gasteiger partial charge in [0, 0.05) is 55.8 Å². The van der Waals surface area contributed by atoms with Gasteiger partial charge in [-0.25, -0.2) is 13.6 Å². The normalized spacial score (nSPS) is 21.3. The zero-order chi connectivity index (χ0) is 30.4.